The average Bonchev–Trinajstić information content (AvgIpc) is 2.57. The molecule has 1 aliphatic rings. The number of anilines is 1. The van der Waals surface area contributed by atoms with Crippen LogP contribution in [0.15, 0.2) is 18.2 Å². The Labute approximate surface area is 145 Å². The number of carbonyl (C=O) groups is 2. The SMILES string of the molecule is CCOC(=O)N1CCN(CCC(=O)Nc2ccc(F)c(Cl)c2)CC1. The lowest BCUT2D eigenvalue weighted by molar-refractivity contribution is -0.116. The molecule has 0 unspecified atom stereocenters. The lowest BCUT2D eigenvalue weighted by atomic mass is 10.2. The summed E-state index contributed by atoms with van der Waals surface area (Å²) in [6.07, 6.45) is 0.0251. The Morgan fingerprint density at radius 2 is 2.00 bits per heavy atom. The first-order valence-corrected chi connectivity index (χ1v) is 8.26. The molecule has 1 heterocycles. The first kappa shape index (κ1) is 18.5. The zero-order valence-corrected chi connectivity index (χ0v) is 14.3. The Kier molecular flexibility index (Phi) is 6.81. The van der Waals surface area contributed by atoms with Crippen LogP contribution in [0.4, 0.5) is 14.9 Å². The minimum absolute atomic E-state index is 0.0251. The van der Waals surface area contributed by atoms with Crippen LogP contribution in [0.3, 0.4) is 0 Å². The first-order chi connectivity index (χ1) is 11.5. The van der Waals surface area contributed by atoms with Gasteiger partial charge in [-0.05, 0) is 25.1 Å². The zero-order chi connectivity index (χ0) is 17.5. The molecular formula is C16H21ClFN3O3. The standard InChI is InChI=1S/C16H21ClFN3O3/c1-2-24-16(23)21-9-7-20(8-10-21)6-5-15(22)19-12-3-4-14(18)13(17)11-12/h3-4,11H,2,5-10H2,1H3,(H,19,22). The highest BCUT2D eigenvalue weighted by atomic mass is 35.5. The van der Waals surface area contributed by atoms with E-state index in [9.17, 15) is 14.0 Å². The Bertz CT molecular complexity index is 592. The summed E-state index contributed by atoms with van der Waals surface area (Å²) < 4.78 is 18.0. The van der Waals surface area contributed by atoms with Crippen LogP contribution in [-0.2, 0) is 9.53 Å². The number of amides is 2. The third-order valence-corrected chi connectivity index (χ3v) is 4.05. The van der Waals surface area contributed by atoms with Crippen LogP contribution in [0.1, 0.15) is 13.3 Å². The van der Waals surface area contributed by atoms with Gasteiger partial charge in [0, 0.05) is 44.8 Å². The van der Waals surface area contributed by atoms with Gasteiger partial charge >= 0.3 is 6.09 Å². The van der Waals surface area contributed by atoms with Crippen LogP contribution in [0, 0.1) is 5.82 Å². The van der Waals surface area contributed by atoms with Gasteiger partial charge in [0.15, 0.2) is 0 Å². The molecule has 1 aromatic carbocycles. The van der Waals surface area contributed by atoms with Gasteiger partial charge in [0.2, 0.25) is 5.91 Å². The normalized spacial score (nSPS) is 15.2. The molecule has 0 spiro atoms. The third-order valence-electron chi connectivity index (χ3n) is 3.76. The van der Waals surface area contributed by atoms with Crippen molar-refractivity contribution in [1.29, 1.82) is 0 Å². The molecule has 1 aliphatic heterocycles. The van der Waals surface area contributed by atoms with Gasteiger partial charge in [-0.2, -0.15) is 0 Å². The molecule has 8 heteroatoms. The largest absolute Gasteiger partial charge is 0.450 e. The number of piperazine rings is 1. The highest BCUT2D eigenvalue weighted by Crippen LogP contribution is 2.19. The molecule has 0 atom stereocenters. The van der Waals surface area contributed by atoms with Crippen molar-refractivity contribution < 1.29 is 18.7 Å². The summed E-state index contributed by atoms with van der Waals surface area (Å²) in [5.41, 5.74) is 0.471. The van der Waals surface area contributed by atoms with E-state index in [1.807, 2.05) is 0 Å². The number of hydrogen-bond donors (Lipinski definition) is 1. The van der Waals surface area contributed by atoms with Crippen molar-refractivity contribution in [2.45, 2.75) is 13.3 Å². The van der Waals surface area contributed by atoms with Crippen molar-refractivity contribution >= 4 is 29.3 Å². The smallest absolute Gasteiger partial charge is 0.409 e. The molecule has 0 saturated carbocycles. The van der Waals surface area contributed by atoms with Crippen LogP contribution in [0.5, 0.6) is 0 Å². The molecule has 1 aromatic rings. The van der Waals surface area contributed by atoms with Crippen LogP contribution in [0.2, 0.25) is 5.02 Å². The Morgan fingerprint density at radius 1 is 1.29 bits per heavy atom. The Morgan fingerprint density at radius 3 is 2.62 bits per heavy atom. The summed E-state index contributed by atoms with van der Waals surface area (Å²) in [5.74, 6) is -0.681. The Balaban J connectivity index is 1.71. The summed E-state index contributed by atoms with van der Waals surface area (Å²) in [6, 6.07) is 4.07. The zero-order valence-electron chi connectivity index (χ0n) is 13.6. The second kappa shape index (κ2) is 8.84. The van der Waals surface area contributed by atoms with Gasteiger partial charge in [-0.15, -0.1) is 0 Å². The quantitative estimate of drug-likeness (QED) is 0.879. The molecule has 1 saturated heterocycles. The van der Waals surface area contributed by atoms with Gasteiger partial charge in [0.25, 0.3) is 0 Å². The minimum Gasteiger partial charge on any atom is -0.450 e. The molecule has 0 aromatic heterocycles. The summed E-state index contributed by atoms with van der Waals surface area (Å²) >= 11 is 5.68. The van der Waals surface area contributed by atoms with Gasteiger partial charge < -0.3 is 15.0 Å². The number of nitrogens with zero attached hydrogens (tertiary/aromatic N) is 2. The molecule has 1 N–H and O–H groups in total. The third kappa shape index (κ3) is 5.35. The Hall–Kier alpha value is -1.86. The molecule has 2 rings (SSSR count). The lowest BCUT2D eigenvalue weighted by Crippen LogP contribution is -2.49. The average molecular weight is 358 g/mol. The summed E-state index contributed by atoms with van der Waals surface area (Å²) in [5, 5.41) is 2.67. The second-order valence-corrected chi connectivity index (χ2v) is 5.86. The molecule has 24 heavy (non-hydrogen) atoms. The van der Waals surface area contributed by atoms with Crippen molar-refractivity contribution in [1.82, 2.24) is 9.80 Å². The van der Waals surface area contributed by atoms with Crippen molar-refractivity contribution in [2.75, 3.05) is 44.6 Å². The maximum absolute atomic E-state index is 13.1. The number of benzene rings is 1. The highest BCUT2D eigenvalue weighted by Gasteiger charge is 2.22. The summed E-state index contributed by atoms with van der Waals surface area (Å²) in [6.45, 7) is 5.33. The molecule has 0 aliphatic carbocycles. The maximum Gasteiger partial charge on any atom is 0.409 e. The number of carbonyl (C=O) groups excluding carboxylic acids is 2. The maximum atomic E-state index is 13.1. The van der Waals surface area contributed by atoms with Crippen molar-refractivity contribution in [2.24, 2.45) is 0 Å². The molecule has 132 valence electrons. The van der Waals surface area contributed by atoms with Crippen molar-refractivity contribution in [3.05, 3.63) is 29.0 Å². The number of halogens is 2. The van der Waals surface area contributed by atoms with Crippen LogP contribution in [0.25, 0.3) is 0 Å². The van der Waals surface area contributed by atoms with Gasteiger partial charge in [-0.25, -0.2) is 9.18 Å². The monoisotopic (exact) mass is 357 g/mol. The lowest BCUT2D eigenvalue weighted by Gasteiger charge is -2.33. The second-order valence-electron chi connectivity index (χ2n) is 5.45. The van der Waals surface area contributed by atoms with E-state index < -0.39 is 5.82 Å². The highest BCUT2D eigenvalue weighted by molar-refractivity contribution is 6.31. The first-order valence-electron chi connectivity index (χ1n) is 7.88. The predicted molar refractivity (Wildman–Crippen MR) is 89.7 cm³/mol. The minimum atomic E-state index is -0.519. The van der Waals surface area contributed by atoms with Crippen LogP contribution in [-0.4, -0.2) is 61.1 Å². The van der Waals surface area contributed by atoms with Crippen LogP contribution >= 0.6 is 11.6 Å². The molecule has 6 nitrogen and oxygen atoms in total. The van der Waals surface area contributed by atoms with Gasteiger partial charge in [-0.1, -0.05) is 11.6 Å². The fourth-order valence-corrected chi connectivity index (χ4v) is 2.61. The molecule has 2 amide bonds. The predicted octanol–water partition coefficient (Wildman–Crippen LogP) is 2.58. The van der Waals surface area contributed by atoms with E-state index >= 15 is 0 Å². The molecule has 1 fully saturated rings. The number of nitrogens with one attached hydrogen (secondary N) is 1. The van der Waals surface area contributed by atoms with E-state index in [0.717, 1.165) is 0 Å². The van der Waals surface area contributed by atoms with Gasteiger partial charge in [0.05, 0.1) is 11.6 Å². The van der Waals surface area contributed by atoms with Crippen molar-refractivity contribution in [3.8, 4) is 0 Å². The topological polar surface area (TPSA) is 61.9 Å². The fraction of sp³-hybridized carbons (Fsp3) is 0.500. The summed E-state index contributed by atoms with van der Waals surface area (Å²) in [4.78, 5) is 27.3. The molecular weight excluding hydrogens is 337 g/mol. The van der Waals surface area contributed by atoms with Gasteiger partial charge in [0.1, 0.15) is 5.82 Å². The van der Waals surface area contributed by atoms with E-state index in [1.54, 1.807) is 11.8 Å². The summed E-state index contributed by atoms with van der Waals surface area (Å²) in [7, 11) is 0. The van der Waals surface area contributed by atoms with Crippen LogP contribution < -0.4 is 5.32 Å². The number of rotatable bonds is 5. The molecule has 0 bridgehead atoms. The number of hydrogen-bond acceptors (Lipinski definition) is 4. The van der Waals surface area contributed by atoms with E-state index in [0.29, 0.717) is 51.4 Å². The van der Waals surface area contributed by atoms with E-state index in [1.165, 1.54) is 18.2 Å². The number of ether oxygens (including phenoxy) is 1. The van der Waals surface area contributed by atoms with Crippen molar-refractivity contribution in [3.63, 3.8) is 0 Å². The van der Waals surface area contributed by atoms with E-state index in [-0.39, 0.29) is 17.0 Å². The molecule has 0 radical (unpaired) electrons. The van der Waals surface area contributed by atoms with E-state index in [4.69, 9.17) is 16.3 Å². The van der Waals surface area contributed by atoms with E-state index in [2.05, 4.69) is 10.2 Å². The fourth-order valence-electron chi connectivity index (χ4n) is 2.43. The van der Waals surface area contributed by atoms with Gasteiger partial charge in [-0.3, -0.25) is 9.69 Å².